The molecule has 100 valence electrons. The van der Waals surface area contributed by atoms with E-state index in [1.165, 1.54) is 0 Å². The van der Waals surface area contributed by atoms with Crippen LogP contribution in [0.4, 0.5) is 0 Å². The van der Waals surface area contributed by atoms with Crippen molar-refractivity contribution in [1.82, 2.24) is 20.4 Å². The van der Waals surface area contributed by atoms with Gasteiger partial charge in [-0.15, -0.1) is 0 Å². The van der Waals surface area contributed by atoms with E-state index in [2.05, 4.69) is 29.6 Å². The fourth-order valence-electron chi connectivity index (χ4n) is 2.52. The third-order valence-electron chi connectivity index (χ3n) is 3.83. The minimum Gasteiger partial charge on any atom is -0.350 e. The Morgan fingerprint density at radius 2 is 2.33 bits per heavy atom. The van der Waals surface area contributed by atoms with E-state index in [0.29, 0.717) is 12.0 Å². The van der Waals surface area contributed by atoms with Gasteiger partial charge in [0, 0.05) is 24.5 Å². The van der Waals surface area contributed by atoms with Gasteiger partial charge in [-0.3, -0.25) is 9.48 Å². The third-order valence-corrected chi connectivity index (χ3v) is 3.83. The summed E-state index contributed by atoms with van der Waals surface area (Å²) < 4.78 is 1.68. The zero-order chi connectivity index (χ0) is 13.1. The number of nitrogens with zero attached hydrogens (tertiary/aromatic N) is 2. The summed E-state index contributed by atoms with van der Waals surface area (Å²) in [7, 11) is 0. The molecule has 1 aliphatic heterocycles. The lowest BCUT2D eigenvalue weighted by Crippen LogP contribution is -2.56. The van der Waals surface area contributed by atoms with Gasteiger partial charge in [0.05, 0.1) is 0 Å². The number of hydrogen-bond donors (Lipinski definition) is 2. The largest absolute Gasteiger partial charge is 0.350 e. The smallest absolute Gasteiger partial charge is 0.244 e. The van der Waals surface area contributed by atoms with Crippen molar-refractivity contribution in [1.29, 1.82) is 0 Å². The standard InChI is InChI=1S/C13H22N4O/c1-9-5-7-14-10(2)12(9)16-13(18)11(3)17-8-4-6-15-17/h4,6,8-12,14H,5,7H2,1-3H3,(H,16,18). The predicted octanol–water partition coefficient (Wildman–Crippen LogP) is 0.947. The van der Waals surface area contributed by atoms with Gasteiger partial charge >= 0.3 is 0 Å². The Balaban J connectivity index is 1.98. The molecule has 5 heteroatoms. The van der Waals surface area contributed by atoms with Gasteiger partial charge in [-0.25, -0.2) is 0 Å². The normalized spacial score (nSPS) is 29.8. The molecule has 1 amide bonds. The molecule has 1 aliphatic rings. The van der Waals surface area contributed by atoms with E-state index in [0.717, 1.165) is 13.0 Å². The van der Waals surface area contributed by atoms with Crippen molar-refractivity contribution >= 4 is 5.91 Å². The lowest BCUT2D eigenvalue weighted by molar-refractivity contribution is -0.125. The average Bonchev–Trinajstić information content (AvgIpc) is 2.86. The van der Waals surface area contributed by atoms with Gasteiger partial charge < -0.3 is 10.6 Å². The van der Waals surface area contributed by atoms with Crippen molar-refractivity contribution in [2.75, 3.05) is 6.54 Å². The molecule has 0 saturated carbocycles. The Labute approximate surface area is 108 Å². The number of piperidine rings is 1. The Bertz CT molecular complexity index is 380. The lowest BCUT2D eigenvalue weighted by atomic mass is 9.89. The summed E-state index contributed by atoms with van der Waals surface area (Å²) in [5.74, 6) is 0.543. The molecule has 4 unspecified atom stereocenters. The number of amides is 1. The second-order valence-corrected chi connectivity index (χ2v) is 5.21. The molecule has 0 aromatic carbocycles. The van der Waals surface area contributed by atoms with E-state index in [1.54, 1.807) is 10.9 Å². The Hall–Kier alpha value is -1.36. The van der Waals surface area contributed by atoms with Crippen LogP contribution in [0.2, 0.25) is 0 Å². The Morgan fingerprint density at radius 1 is 1.56 bits per heavy atom. The molecule has 1 saturated heterocycles. The van der Waals surface area contributed by atoms with Crippen LogP contribution in [0, 0.1) is 5.92 Å². The second kappa shape index (κ2) is 5.52. The van der Waals surface area contributed by atoms with Gasteiger partial charge in [0.2, 0.25) is 5.91 Å². The van der Waals surface area contributed by atoms with Crippen molar-refractivity contribution in [2.24, 2.45) is 5.92 Å². The summed E-state index contributed by atoms with van der Waals surface area (Å²) >= 11 is 0. The highest BCUT2D eigenvalue weighted by Gasteiger charge is 2.30. The van der Waals surface area contributed by atoms with Crippen molar-refractivity contribution in [3.63, 3.8) is 0 Å². The number of rotatable bonds is 3. The number of carbonyl (C=O) groups excluding carboxylic acids is 1. The fourth-order valence-corrected chi connectivity index (χ4v) is 2.52. The van der Waals surface area contributed by atoms with Crippen LogP contribution in [0.25, 0.3) is 0 Å². The predicted molar refractivity (Wildman–Crippen MR) is 70.1 cm³/mol. The van der Waals surface area contributed by atoms with Crippen molar-refractivity contribution in [3.05, 3.63) is 18.5 Å². The fraction of sp³-hybridized carbons (Fsp3) is 0.692. The molecular weight excluding hydrogens is 228 g/mol. The first-order valence-electron chi connectivity index (χ1n) is 6.62. The van der Waals surface area contributed by atoms with Crippen molar-refractivity contribution in [3.8, 4) is 0 Å². The highest BCUT2D eigenvalue weighted by Crippen LogP contribution is 2.17. The zero-order valence-corrected chi connectivity index (χ0v) is 11.3. The maximum atomic E-state index is 12.2. The molecule has 2 rings (SSSR count). The van der Waals surface area contributed by atoms with E-state index < -0.39 is 0 Å². The maximum Gasteiger partial charge on any atom is 0.244 e. The van der Waals surface area contributed by atoms with Gasteiger partial charge in [-0.05, 0) is 38.8 Å². The Morgan fingerprint density at radius 3 is 2.94 bits per heavy atom. The maximum absolute atomic E-state index is 12.2. The van der Waals surface area contributed by atoms with Crippen LogP contribution in [0.5, 0.6) is 0 Å². The minimum absolute atomic E-state index is 0.0334. The average molecular weight is 250 g/mol. The van der Waals surface area contributed by atoms with Crippen LogP contribution in [-0.4, -0.2) is 34.3 Å². The van der Waals surface area contributed by atoms with Crippen LogP contribution in [0.3, 0.4) is 0 Å². The zero-order valence-electron chi connectivity index (χ0n) is 11.3. The molecule has 1 aromatic rings. The molecule has 18 heavy (non-hydrogen) atoms. The van der Waals surface area contributed by atoms with Crippen LogP contribution in [0.1, 0.15) is 33.2 Å². The van der Waals surface area contributed by atoms with E-state index in [9.17, 15) is 4.79 Å². The summed E-state index contributed by atoms with van der Waals surface area (Å²) in [6.07, 6.45) is 4.61. The van der Waals surface area contributed by atoms with Crippen LogP contribution >= 0.6 is 0 Å². The molecule has 0 bridgehead atoms. The van der Waals surface area contributed by atoms with Gasteiger partial charge in [-0.2, -0.15) is 5.10 Å². The Kier molecular flexibility index (Phi) is 4.01. The number of hydrogen-bond acceptors (Lipinski definition) is 3. The summed E-state index contributed by atoms with van der Waals surface area (Å²) in [4.78, 5) is 12.2. The number of carbonyl (C=O) groups is 1. The highest BCUT2D eigenvalue weighted by atomic mass is 16.2. The molecule has 1 fully saturated rings. The molecule has 2 N–H and O–H groups in total. The van der Waals surface area contributed by atoms with E-state index in [1.807, 2.05) is 19.2 Å². The van der Waals surface area contributed by atoms with Crippen LogP contribution < -0.4 is 10.6 Å². The van der Waals surface area contributed by atoms with Crippen LogP contribution in [0.15, 0.2) is 18.5 Å². The minimum atomic E-state index is -0.263. The topological polar surface area (TPSA) is 58.9 Å². The number of nitrogens with one attached hydrogen (secondary N) is 2. The summed E-state index contributed by atoms with van der Waals surface area (Å²) in [5.41, 5.74) is 0. The van der Waals surface area contributed by atoms with E-state index >= 15 is 0 Å². The van der Waals surface area contributed by atoms with Crippen LogP contribution in [-0.2, 0) is 4.79 Å². The lowest BCUT2D eigenvalue weighted by Gasteiger charge is -2.36. The highest BCUT2D eigenvalue weighted by molar-refractivity contribution is 5.80. The van der Waals surface area contributed by atoms with E-state index in [-0.39, 0.29) is 18.0 Å². The molecular formula is C13H22N4O. The molecule has 0 aliphatic carbocycles. The quantitative estimate of drug-likeness (QED) is 0.839. The first-order chi connectivity index (χ1) is 8.59. The molecule has 5 nitrogen and oxygen atoms in total. The molecule has 2 heterocycles. The molecule has 0 radical (unpaired) electrons. The van der Waals surface area contributed by atoms with Gasteiger partial charge in [0.1, 0.15) is 6.04 Å². The molecule has 4 atom stereocenters. The van der Waals surface area contributed by atoms with Gasteiger partial charge in [0.15, 0.2) is 0 Å². The third kappa shape index (κ3) is 2.72. The first kappa shape index (κ1) is 13.1. The number of aromatic nitrogens is 2. The second-order valence-electron chi connectivity index (χ2n) is 5.21. The first-order valence-corrected chi connectivity index (χ1v) is 6.62. The SMILES string of the molecule is CC1CCNC(C)C1NC(=O)C(C)n1cccn1. The summed E-state index contributed by atoms with van der Waals surface area (Å²) in [5, 5.41) is 10.7. The van der Waals surface area contributed by atoms with E-state index in [4.69, 9.17) is 0 Å². The summed E-state index contributed by atoms with van der Waals surface area (Å²) in [6.45, 7) is 7.22. The van der Waals surface area contributed by atoms with Crippen molar-refractivity contribution in [2.45, 2.75) is 45.3 Å². The molecule has 1 aromatic heterocycles. The van der Waals surface area contributed by atoms with Crippen molar-refractivity contribution < 1.29 is 4.79 Å². The van der Waals surface area contributed by atoms with Gasteiger partial charge in [-0.1, -0.05) is 6.92 Å². The summed E-state index contributed by atoms with van der Waals surface area (Å²) in [6, 6.07) is 2.09. The molecule has 0 spiro atoms. The monoisotopic (exact) mass is 250 g/mol. The van der Waals surface area contributed by atoms with Gasteiger partial charge in [0.25, 0.3) is 0 Å².